The van der Waals surface area contributed by atoms with Gasteiger partial charge in [-0.3, -0.25) is 14.9 Å². The van der Waals surface area contributed by atoms with Gasteiger partial charge < -0.3 is 11.1 Å². The molecule has 23 heavy (non-hydrogen) atoms. The van der Waals surface area contributed by atoms with Crippen LogP contribution in [-0.2, 0) is 17.6 Å². The van der Waals surface area contributed by atoms with Gasteiger partial charge >= 0.3 is 0 Å². The maximum Gasteiger partial charge on any atom is 0.292 e. The van der Waals surface area contributed by atoms with Crippen molar-refractivity contribution in [2.45, 2.75) is 12.8 Å². The molecule has 0 spiro atoms. The summed E-state index contributed by atoms with van der Waals surface area (Å²) in [5, 5.41) is 14.2. The van der Waals surface area contributed by atoms with Crippen LogP contribution in [0.1, 0.15) is 11.1 Å². The van der Waals surface area contributed by atoms with Gasteiger partial charge in [-0.2, -0.15) is 0 Å². The zero-order chi connectivity index (χ0) is 16.8. The number of nitrogens with one attached hydrogen (secondary N) is 1. The van der Waals surface area contributed by atoms with Crippen LogP contribution in [0.25, 0.3) is 0 Å². The number of nitro benzene ring substituents is 1. The first-order valence-electron chi connectivity index (χ1n) is 6.99. The molecule has 0 saturated heterocycles. The molecule has 0 bridgehead atoms. The fourth-order valence-electron chi connectivity index (χ4n) is 2.13. The van der Waals surface area contributed by atoms with E-state index in [1.807, 2.05) is 12.1 Å². The van der Waals surface area contributed by atoms with E-state index in [2.05, 4.69) is 5.32 Å². The first-order chi connectivity index (χ1) is 11.0. The molecule has 6 nitrogen and oxygen atoms in total. The van der Waals surface area contributed by atoms with E-state index in [-0.39, 0.29) is 23.7 Å². The van der Waals surface area contributed by atoms with Crippen LogP contribution in [0.15, 0.2) is 42.5 Å². The average molecular weight is 334 g/mol. The maximum atomic E-state index is 11.9. The highest BCUT2D eigenvalue weighted by Crippen LogP contribution is 2.22. The van der Waals surface area contributed by atoms with E-state index in [4.69, 9.17) is 17.3 Å². The minimum Gasteiger partial charge on any atom is -0.393 e. The van der Waals surface area contributed by atoms with Gasteiger partial charge in [0.05, 0.1) is 11.3 Å². The Labute approximate surface area is 138 Å². The highest BCUT2D eigenvalue weighted by atomic mass is 35.5. The number of hydrogen-bond acceptors (Lipinski definition) is 4. The van der Waals surface area contributed by atoms with E-state index in [1.165, 1.54) is 18.2 Å². The number of amides is 1. The molecule has 0 fully saturated rings. The zero-order valence-electron chi connectivity index (χ0n) is 12.3. The normalized spacial score (nSPS) is 10.3. The van der Waals surface area contributed by atoms with Crippen LogP contribution in [0.3, 0.4) is 0 Å². The van der Waals surface area contributed by atoms with Crippen LogP contribution in [-0.4, -0.2) is 17.4 Å². The van der Waals surface area contributed by atoms with E-state index >= 15 is 0 Å². The van der Waals surface area contributed by atoms with Crippen LogP contribution >= 0.6 is 11.6 Å². The van der Waals surface area contributed by atoms with Crippen molar-refractivity contribution in [2.24, 2.45) is 0 Å². The monoisotopic (exact) mass is 333 g/mol. The number of carbonyl (C=O) groups excluding carboxylic acids is 1. The van der Waals surface area contributed by atoms with Crippen LogP contribution in [0.5, 0.6) is 0 Å². The summed E-state index contributed by atoms with van der Waals surface area (Å²) in [6, 6.07) is 11.7. The number of anilines is 1. The fraction of sp³-hybridized carbons (Fsp3) is 0.188. The van der Waals surface area contributed by atoms with Gasteiger partial charge in [-0.1, -0.05) is 29.8 Å². The van der Waals surface area contributed by atoms with E-state index < -0.39 is 4.92 Å². The molecule has 0 aliphatic heterocycles. The van der Waals surface area contributed by atoms with E-state index in [0.717, 1.165) is 5.56 Å². The van der Waals surface area contributed by atoms with Crippen LogP contribution in [0.2, 0.25) is 5.02 Å². The summed E-state index contributed by atoms with van der Waals surface area (Å²) in [5.74, 6) is -0.160. The molecule has 2 aromatic rings. The lowest BCUT2D eigenvalue weighted by molar-refractivity contribution is -0.383. The minimum absolute atomic E-state index is 0.0569. The highest BCUT2D eigenvalue weighted by molar-refractivity contribution is 6.30. The first-order valence-corrected chi connectivity index (χ1v) is 7.37. The van der Waals surface area contributed by atoms with E-state index in [0.29, 0.717) is 23.6 Å². The zero-order valence-corrected chi connectivity index (χ0v) is 13.0. The van der Waals surface area contributed by atoms with Gasteiger partial charge in [-0.15, -0.1) is 0 Å². The van der Waals surface area contributed by atoms with Crippen molar-refractivity contribution < 1.29 is 9.72 Å². The third-order valence-corrected chi connectivity index (χ3v) is 3.55. The lowest BCUT2D eigenvalue weighted by atomic mass is 10.1. The summed E-state index contributed by atoms with van der Waals surface area (Å²) in [4.78, 5) is 22.0. The molecule has 0 aromatic heterocycles. The smallest absolute Gasteiger partial charge is 0.292 e. The van der Waals surface area contributed by atoms with Crippen molar-refractivity contribution in [3.8, 4) is 0 Å². The number of nitrogens with zero attached hydrogens (tertiary/aromatic N) is 1. The van der Waals surface area contributed by atoms with Crippen LogP contribution < -0.4 is 11.1 Å². The second-order valence-electron chi connectivity index (χ2n) is 5.05. The Morgan fingerprint density at radius 1 is 1.17 bits per heavy atom. The topological polar surface area (TPSA) is 98.3 Å². The quantitative estimate of drug-likeness (QED) is 0.482. The molecule has 0 heterocycles. The van der Waals surface area contributed by atoms with Crippen molar-refractivity contribution >= 4 is 28.9 Å². The molecule has 0 saturated carbocycles. The van der Waals surface area contributed by atoms with Crippen molar-refractivity contribution in [1.82, 2.24) is 5.32 Å². The lowest BCUT2D eigenvalue weighted by Gasteiger charge is -2.06. The Balaban J connectivity index is 1.84. The third-order valence-electron chi connectivity index (χ3n) is 3.30. The van der Waals surface area contributed by atoms with Crippen molar-refractivity contribution in [3.63, 3.8) is 0 Å². The van der Waals surface area contributed by atoms with Gasteiger partial charge in [0.1, 0.15) is 5.69 Å². The first kappa shape index (κ1) is 16.8. The number of halogens is 1. The SMILES string of the molecule is Nc1cc(CC(=O)NCCc2ccc(Cl)cc2)ccc1[N+](=O)[O-]. The predicted octanol–water partition coefficient (Wildman–Crippen LogP) is 2.73. The van der Waals surface area contributed by atoms with E-state index in [9.17, 15) is 14.9 Å². The molecule has 3 N–H and O–H groups in total. The fourth-order valence-corrected chi connectivity index (χ4v) is 2.25. The maximum absolute atomic E-state index is 11.9. The molecule has 0 atom stereocenters. The number of carbonyl (C=O) groups is 1. The number of hydrogen-bond donors (Lipinski definition) is 2. The number of nitrogen functional groups attached to an aromatic ring is 1. The van der Waals surface area contributed by atoms with Crippen molar-refractivity contribution in [1.29, 1.82) is 0 Å². The van der Waals surface area contributed by atoms with Gasteiger partial charge in [0.15, 0.2) is 0 Å². The largest absolute Gasteiger partial charge is 0.393 e. The Morgan fingerprint density at radius 3 is 2.43 bits per heavy atom. The molecular weight excluding hydrogens is 318 g/mol. The number of nitro groups is 1. The van der Waals surface area contributed by atoms with Crippen molar-refractivity contribution in [3.05, 3.63) is 68.7 Å². The molecule has 1 amide bonds. The standard InChI is InChI=1S/C16H16ClN3O3/c17-13-4-1-11(2-5-13)7-8-19-16(21)10-12-3-6-15(20(22)23)14(18)9-12/h1-6,9H,7-8,10,18H2,(H,19,21). The molecule has 0 aliphatic carbocycles. The second-order valence-corrected chi connectivity index (χ2v) is 5.49. The molecule has 0 radical (unpaired) electrons. The second kappa shape index (κ2) is 7.60. The Morgan fingerprint density at radius 2 is 1.83 bits per heavy atom. The molecule has 0 aliphatic rings. The molecule has 2 aromatic carbocycles. The highest BCUT2D eigenvalue weighted by Gasteiger charge is 2.12. The Bertz CT molecular complexity index is 717. The molecule has 0 unspecified atom stereocenters. The molecular formula is C16H16ClN3O3. The summed E-state index contributed by atoms with van der Waals surface area (Å²) in [5.41, 5.74) is 7.22. The van der Waals surface area contributed by atoms with Gasteiger partial charge in [-0.25, -0.2) is 0 Å². The van der Waals surface area contributed by atoms with Crippen molar-refractivity contribution in [2.75, 3.05) is 12.3 Å². The van der Waals surface area contributed by atoms with Crippen LogP contribution in [0.4, 0.5) is 11.4 Å². The Hall–Kier alpha value is -2.60. The molecule has 2 rings (SSSR count). The van der Waals surface area contributed by atoms with Gasteiger partial charge in [0.25, 0.3) is 5.69 Å². The average Bonchev–Trinajstić information content (AvgIpc) is 2.49. The minimum atomic E-state index is -0.550. The predicted molar refractivity (Wildman–Crippen MR) is 89.4 cm³/mol. The molecule has 7 heteroatoms. The van der Waals surface area contributed by atoms with Gasteiger partial charge in [0, 0.05) is 17.6 Å². The summed E-state index contributed by atoms with van der Waals surface area (Å²) in [6.45, 7) is 0.503. The van der Waals surface area contributed by atoms with E-state index in [1.54, 1.807) is 12.1 Å². The van der Waals surface area contributed by atoms with Crippen LogP contribution in [0, 0.1) is 10.1 Å². The van der Waals surface area contributed by atoms with Gasteiger partial charge in [-0.05, 0) is 35.7 Å². The third kappa shape index (κ3) is 4.96. The molecule has 120 valence electrons. The number of nitrogens with two attached hydrogens (primary N) is 1. The number of rotatable bonds is 6. The summed E-state index contributed by atoms with van der Waals surface area (Å²) in [6.07, 6.45) is 0.828. The summed E-state index contributed by atoms with van der Waals surface area (Å²) < 4.78 is 0. The summed E-state index contributed by atoms with van der Waals surface area (Å²) in [7, 11) is 0. The lowest BCUT2D eigenvalue weighted by Crippen LogP contribution is -2.27. The van der Waals surface area contributed by atoms with Gasteiger partial charge in [0.2, 0.25) is 5.91 Å². The summed E-state index contributed by atoms with van der Waals surface area (Å²) >= 11 is 5.81. The number of benzene rings is 2. The Kier molecular flexibility index (Phi) is 5.54.